The van der Waals surface area contributed by atoms with Gasteiger partial charge in [0.05, 0.1) is 6.04 Å². The maximum Gasteiger partial charge on any atom is 0.238 e. The maximum atomic E-state index is 12.0. The van der Waals surface area contributed by atoms with Crippen LogP contribution in [0, 0.1) is 5.92 Å². The minimum atomic E-state index is -0.123. The molecule has 106 valence electrons. The van der Waals surface area contributed by atoms with Gasteiger partial charge in [0.2, 0.25) is 5.91 Å². The van der Waals surface area contributed by atoms with Crippen LogP contribution >= 0.6 is 11.3 Å². The largest absolute Gasteiger partial charge is 0.347 e. The van der Waals surface area contributed by atoms with E-state index in [4.69, 9.17) is 0 Å². The summed E-state index contributed by atoms with van der Waals surface area (Å²) in [6, 6.07) is 4.50. The average molecular weight is 280 g/mol. The zero-order chi connectivity index (χ0) is 13.8. The first-order chi connectivity index (χ1) is 9.09. The van der Waals surface area contributed by atoms with Gasteiger partial charge in [-0.05, 0) is 37.1 Å². The second-order valence-corrected chi connectivity index (χ2v) is 6.64. The van der Waals surface area contributed by atoms with E-state index >= 15 is 0 Å². The number of hydrogen-bond donors (Lipinski definition) is 1. The molecular formula is C15H24N2OS. The summed E-state index contributed by atoms with van der Waals surface area (Å²) < 4.78 is 0. The summed E-state index contributed by atoms with van der Waals surface area (Å²) in [5.41, 5.74) is 0. The molecule has 1 saturated carbocycles. The van der Waals surface area contributed by atoms with Gasteiger partial charge in [0, 0.05) is 25.0 Å². The first-order valence-electron chi connectivity index (χ1n) is 7.10. The quantitative estimate of drug-likeness (QED) is 0.899. The number of nitrogens with zero attached hydrogens (tertiary/aromatic N) is 1. The number of carbonyl (C=O) groups excluding carboxylic acids is 1. The molecule has 2 unspecified atom stereocenters. The third kappa shape index (κ3) is 3.57. The monoisotopic (exact) mass is 280 g/mol. The SMILES string of the molecule is CC(NC(c1cccs1)C1CCCC1)C(=O)N(C)C. The predicted octanol–water partition coefficient (Wildman–Crippen LogP) is 3.05. The molecule has 2 rings (SSSR count). The van der Waals surface area contributed by atoms with E-state index in [0.717, 1.165) is 0 Å². The Balaban J connectivity index is 2.08. The van der Waals surface area contributed by atoms with Crippen LogP contribution in [0.5, 0.6) is 0 Å². The molecule has 0 aromatic carbocycles. The highest BCUT2D eigenvalue weighted by Gasteiger charge is 2.29. The molecule has 1 fully saturated rings. The van der Waals surface area contributed by atoms with E-state index in [2.05, 4.69) is 22.8 Å². The van der Waals surface area contributed by atoms with Crippen molar-refractivity contribution in [2.75, 3.05) is 14.1 Å². The summed E-state index contributed by atoms with van der Waals surface area (Å²) in [4.78, 5) is 15.1. The van der Waals surface area contributed by atoms with Crippen molar-refractivity contribution in [1.29, 1.82) is 0 Å². The third-order valence-corrected chi connectivity index (χ3v) is 4.92. The summed E-state index contributed by atoms with van der Waals surface area (Å²) >= 11 is 1.79. The number of likely N-dealkylation sites (N-methyl/N-ethyl adjacent to an activating group) is 1. The van der Waals surface area contributed by atoms with E-state index in [1.807, 2.05) is 21.0 Å². The fourth-order valence-corrected chi connectivity index (χ4v) is 3.82. The van der Waals surface area contributed by atoms with Crippen LogP contribution in [-0.4, -0.2) is 30.9 Å². The summed E-state index contributed by atoms with van der Waals surface area (Å²) in [6.45, 7) is 1.97. The molecule has 0 spiro atoms. The number of carbonyl (C=O) groups is 1. The Hall–Kier alpha value is -0.870. The number of thiophene rings is 1. The molecular weight excluding hydrogens is 256 g/mol. The molecule has 0 bridgehead atoms. The number of rotatable bonds is 5. The zero-order valence-electron chi connectivity index (χ0n) is 12.1. The summed E-state index contributed by atoms with van der Waals surface area (Å²) in [5.74, 6) is 0.829. The van der Waals surface area contributed by atoms with Crippen molar-refractivity contribution in [2.45, 2.75) is 44.7 Å². The molecule has 1 heterocycles. The highest BCUT2D eigenvalue weighted by Crippen LogP contribution is 2.37. The second kappa shape index (κ2) is 6.53. The summed E-state index contributed by atoms with van der Waals surface area (Å²) in [6.07, 6.45) is 5.20. The molecule has 19 heavy (non-hydrogen) atoms. The van der Waals surface area contributed by atoms with E-state index in [1.165, 1.54) is 30.6 Å². The van der Waals surface area contributed by atoms with Gasteiger partial charge in [-0.3, -0.25) is 10.1 Å². The molecule has 1 aliphatic rings. The van der Waals surface area contributed by atoms with E-state index in [1.54, 1.807) is 16.2 Å². The molecule has 2 atom stereocenters. The van der Waals surface area contributed by atoms with Crippen LogP contribution in [-0.2, 0) is 4.79 Å². The third-order valence-electron chi connectivity index (χ3n) is 3.96. The Morgan fingerprint density at radius 2 is 2.11 bits per heavy atom. The maximum absolute atomic E-state index is 12.0. The van der Waals surface area contributed by atoms with Crippen LogP contribution in [0.15, 0.2) is 17.5 Å². The molecule has 1 aromatic rings. The highest BCUT2D eigenvalue weighted by atomic mass is 32.1. The lowest BCUT2D eigenvalue weighted by atomic mass is 9.96. The molecule has 1 amide bonds. The van der Waals surface area contributed by atoms with E-state index in [9.17, 15) is 4.79 Å². The number of nitrogens with one attached hydrogen (secondary N) is 1. The van der Waals surface area contributed by atoms with Gasteiger partial charge < -0.3 is 4.90 Å². The smallest absolute Gasteiger partial charge is 0.238 e. The van der Waals surface area contributed by atoms with Crippen LogP contribution in [0.4, 0.5) is 0 Å². The lowest BCUT2D eigenvalue weighted by Crippen LogP contribution is -2.44. The standard InChI is InChI=1S/C15H24N2OS/c1-11(15(18)17(2)3)16-14(12-7-4-5-8-12)13-9-6-10-19-13/h6,9-12,14,16H,4-5,7-8H2,1-3H3. The molecule has 0 aliphatic heterocycles. The molecule has 1 aromatic heterocycles. The Labute approximate surface area is 120 Å². The lowest BCUT2D eigenvalue weighted by Gasteiger charge is -2.28. The Kier molecular flexibility index (Phi) is 4.99. The highest BCUT2D eigenvalue weighted by molar-refractivity contribution is 7.10. The van der Waals surface area contributed by atoms with Gasteiger partial charge in [0.15, 0.2) is 0 Å². The van der Waals surface area contributed by atoms with Gasteiger partial charge in [-0.1, -0.05) is 18.9 Å². The van der Waals surface area contributed by atoms with Crippen molar-refractivity contribution in [3.8, 4) is 0 Å². The van der Waals surface area contributed by atoms with Crippen molar-refractivity contribution in [3.63, 3.8) is 0 Å². The van der Waals surface area contributed by atoms with Gasteiger partial charge in [-0.2, -0.15) is 0 Å². The zero-order valence-corrected chi connectivity index (χ0v) is 12.9. The number of hydrogen-bond acceptors (Lipinski definition) is 3. The fourth-order valence-electron chi connectivity index (χ4n) is 2.94. The normalized spacial score (nSPS) is 19.3. The van der Waals surface area contributed by atoms with Crippen LogP contribution < -0.4 is 5.32 Å². The van der Waals surface area contributed by atoms with Gasteiger partial charge >= 0.3 is 0 Å². The minimum absolute atomic E-state index is 0.123. The van der Waals surface area contributed by atoms with Crippen molar-refractivity contribution in [2.24, 2.45) is 5.92 Å². The molecule has 1 aliphatic carbocycles. The van der Waals surface area contributed by atoms with E-state index in [0.29, 0.717) is 12.0 Å². The van der Waals surface area contributed by atoms with Gasteiger partial charge in [-0.15, -0.1) is 11.3 Å². The van der Waals surface area contributed by atoms with Crippen molar-refractivity contribution < 1.29 is 4.79 Å². The fraction of sp³-hybridized carbons (Fsp3) is 0.667. The van der Waals surface area contributed by atoms with Crippen LogP contribution in [0.25, 0.3) is 0 Å². The Bertz CT molecular complexity index is 396. The molecule has 3 nitrogen and oxygen atoms in total. The summed E-state index contributed by atoms with van der Waals surface area (Å²) in [7, 11) is 3.63. The molecule has 1 N–H and O–H groups in total. The summed E-state index contributed by atoms with van der Waals surface area (Å²) in [5, 5.41) is 5.68. The van der Waals surface area contributed by atoms with Gasteiger partial charge in [-0.25, -0.2) is 0 Å². The minimum Gasteiger partial charge on any atom is -0.347 e. The van der Waals surface area contributed by atoms with E-state index < -0.39 is 0 Å². The second-order valence-electron chi connectivity index (χ2n) is 5.66. The average Bonchev–Trinajstić information content (AvgIpc) is 3.07. The van der Waals surface area contributed by atoms with Gasteiger partial charge in [0.1, 0.15) is 0 Å². The number of amides is 1. The first kappa shape index (κ1) is 14.5. The van der Waals surface area contributed by atoms with Crippen molar-refractivity contribution >= 4 is 17.2 Å². The van der Waals surface area contributed by atoms with Crippen molar-refractivity contribution in [1.82, 2.24) is 10.2 Å². The van der Waals surface area contributed by atoms with Crippen LogP contribution in [0.2, 0.25) is 0 Å². The Morgan fingerprint density at radius 1 is 1.42 bits per heavy atom. The molecule has 0 saturated heterocycles. The predicted molar refractivity (Wildman–Crippen MR) is 80.3 cm³/mol. The first-order valence-corrected chi connectivity index (χ1v) is 7.98. The molecule has 0 radical (unpaired) electrons. The van der Waals surface area contributed by atoms with Gasteiger partial charge in [0.25, 0.3) is 0 Å². The van der Waals surface area contributed by atoms with Crippen LogP contribution in [0.1, 0.15) is 43.5 Å². The topological polar surface area (TPSA) is 32.3 Å². The molecule has 4 heteroatoms. The van der Waals surface area contributed by atoms with E-state index in [-0.39, 0.29) is 11.9 Å². The van der Waals surface area contributed by atoms with Crippen LogP contribution in [0.3, 0.4) is 0 Å². The Morgan fingerprint density at radius 3 is 2.63 bits per heavy atom. The van der Waals surface area contributed by atoms with Crippen molar-refractivity contribution in [3.05, 3.63) is 22.4 Å². The lowest BCUT2D eigenvalue weighted by molar-refractivity contribution is -0.130.